The molecule has 126 valence electrons. The molecule has 5 heteroatoms. The fourth-order valence-corrected chi connectivity index (χ4v) is 3.83. The number of hydrogen-bond donors (Lipinski definition) is 2. The summed E-state index contributed by atoms with van der Waals surface area (Å²) in [5, 5.41) is 2.66. The van der Waals surface area contributed by atoms with Crippen molar-refractivity contribution in [3.8, 4) is 0 Å². The lowest BCUT2D eigenvalue weighted by Crippen LogP contribution is -2.55. The van der Waals surface area contributed by atoms with Crippen LogP contribution in [0.5, 0.6) is 0 Å². The van der Waals surface area contributed by atoms with Gasteiger partial charge in [0.2, 0.25) is 0 Å². The molecule has 3 rings (SSSR count). The predicted octanol–water partition coefficient (Wildman–Crippen LogP) is 3.91. The lowest BCUT2D eigenvalue weighted by molar-refractivity contribution is 0.0898. The van der Waals surface area contributed by atoms with Gasteiger partial charge < -0.3 is 11.1 Å². The van der Waals surface area contributed by atoms with E-state index < -0.39 is 11.6 Å². The first-order valence-corrected chi connectivity index (χ1v) is 8.69. The molecule has 0 aliphatic heterocycles. The van der Waals surface area contributed by atoms with Gasteiger partial charge in [-0.3, -0.25) is 4.79 Å². The van der Waals surface area contributed by atoms with Gasteiger partial charge in [-0.2, -0.15) is 0 Å². The zero-order valence-corrected chi connectivity index (χ0v) is 14.3. The van der Waals surface area contributed by atoms with Crippen LogP contribution in [0.1, 0.15) is 16.8 Å². The van der Waals surface area contributed by atoms with E-state index in [0.29, 0.717) is 12.0 Å². The van der Waals surface area contributed by atoms with Crippen molar-refractivity contribution in [2.45, 2.75) is 16.9 Å². The van der Waals surface area contributed by atoms with Crippen LogP contribution >= 0.6 is 11.8 Å². The molecule has 0 saturated carbocycles. The number of hydrogen-bond acceptors (Lipinski definition) is 3. The van der Waals surface area contributed by atoms with Crippen LogP contribution in [0.2, 0.25) is 0 Å². The fourth-order valence-electron chi connectivity index (χ4n) is 2.79. The third-order valence-electron chi connectivity index (χ3n) is 3.90. The molecule has 0 aromatic heterocycles. The van der Waals surface area contributed by atoms with Crippen molar-refractivity contribution in [2.24, 2.45) is 5.73 Å². The van der Waals surface area contributed by atoms with Gasteiger partial charge in [0.05, 0.1) is 0 Å². The summed E-state index contributed by atoms with van der Waals surface area (Å²) in [5.41, 5.74) is 4.73. The largest absolute Gasteiger partial charge is 0.352 e. The number of urea groups is 1. The molecule has 1 unspecified atom stereocenters. The van der Waals surface area contributed by atoms with Crippen LogP contribution in [0.3, 0.4) is 0 Å². The quantitative estimate of drug-likeness (QED) is 0.803. The SMILES string of the molecule is NC(=O)NC1(C(=O)c2ccccc2)C=CC=C(Sc2ccccc2)C1. The Hall–Kier alpha value is -2.79. The Bertz CT molecular complexity index is 831. The van der Waals surface area contributed by atoms with Gasteiger partial charge >= 0.3 is 6.03 Å². The maximum absolute atomic E-state index is 13.1. The summed E-state index contributed by atoms with van der Waals surface area (Å²) in [7, 11) is 0. The number of nitrogens with two attached hydrogens (primary N) is 1. The Kier molecular flexibility index (Phi) is 5.05. The predicted molar refractivity (Wildman–Crippen MR) is 100 cm³/mol. The Morgan fingerprint density at radius 1 is 1.00 bits per heavy atom. The average molecular weight is 350 g/mol. The number of rotatable bonds is 5. The van der Waals surface area contributed by atoms with Crippen LogP contribution in [0, 0.1) is 0 Å². The molecule has 25 heavy (non-hydrogen) atoms. The van der Waals surface area contributed by atoms with Gasteiger partial charge in [0.15, 0.2) is 5.78 Å². The van der Waals surface area contributed by atoms with E-state index in [1.807, 2.05) is 42.5 Å². The number of allylic oxidation sites excluding steroid dienone is 2. The number of amides is 2. The van der Waals surface area contributed by atoms with Crippen molar-refractivity contribution in [2.75, 3.05) is 0 Å². The summed E-state index contributed by atoms with van der Waals surface area (Å²) >= 11 is 1.57. The highest BCUT2D eigenvalue weighted by molar-refractivity contribution is 8.03. The zero-order chi connectivity index (χ0) is 17.7. The number of thioether (sulfide) groups is 1. The van der Waals surface area contributed by atoms with Gasteiger partial charge in [-0.05, 0) is 17.0 Å². The van der Waals surface area contributed by atoms with E-state index in [-0.39, 0.29) is 5.78 Å². The van der Waals surface area contributed by atoms with Crippen LogP contribution in [0.4, 0.5) is 4.79 Å². The van der Waals surface area contributed by atoms with E-state index in [1.165, 1.54) is 0 Å². The number of benzene rings is 2. The summed E-state index contributed by atoms with van der Waals surface area (Å²) in [4.78, 5) is 26.7. The summed E-state index contributed by atoms with van der Waals surface area (Å²) < 4.78 is 0. The van der Waals surface area contributed by atoms with E-state index in [4.69, 9.17) is 5.73 Å². The maximum Gasteiger partial charge on any atom is 0.313 e. The van der Waals surface area contributed by atoms with Crippen LogP contribution in [-0.2, 0) is 0 Å². The number of ketones is 1. The third kappa shape index (κ3) is 4.00. The van der Waals surface area contributed by atoms with Crippen LogP contribution in [0.25, 0.3) is 0 Å². The highest BCUT2D eigenvalue weighted by Crippen LogP contribution is 2.36. The molecule has 1 aliphatic rings. The van der Waals surface area contributed by atoms with Crippen molar-refractivity contribution in [3.05, 3.63) is 89.4 Å². The summed E-state index contributed by atoms with van der Waals surface area (Å²) in [6.45, 7) is 0. The lowest BCUT2D eigenvalue weighted by atomic mass is 9.83. The smallest absolute Gasteiger partial charge is 0.313 e. The first-order valence-electron chi connectivity index (χ1n) is 7.88. The Labute approximate surface area is 150 Å². The Morgan fingerprint density at radius 2 is 1.64 bits per heavy atom. The van der Waals surface area contributed by atoms with E-state index in [0.717, 1.165) is 9.80 Å². The minimum absolute atomic E-state index is 0.178. The van der Waals surface area contributed by atoms with Crippen LogP contribution < -0.4 is 11.1 Å². The van der Waals surface area contributed by atoms with Crippen molar-refractivity contribution >= 4 is 23.6 Å². The Balaban J connectivity index is 1.89. The second kappa shape index (κ2) is 7.40. The standard InChI is InChI=1S/C20H18N2O2S/c21-19(24)22-20(18(23)15-8-3-1-4-9-15)13-7-12-17(14-20)25-16-10-5-2-6-11-16/h1-13H,14H2,(H3,21,22,24). The van der Waals surface area contributed by atoms with Crippen molar-refractivity contribution in [1.82, 2.24) is 5.32 Å². The van der Waals surface area contributed by atoms with Crippen molar-refractivity contribution in [1.29, 1.82) is 0 Å². The molecule has 0 heterocycles. The molecule has 4 nitrogen and oxygen atoms in total. The van der Waals surface area contributed by atoms with E-state index >= 15 is 0 Å². The molecule has 0 spiro atoms. The fraction of sp³-hybridized carbons (Fsp3) is 0.100. The van der Waals surface area contributed by atoms with Crippen LogP contribution in [-0.4, -0.2) is 17.4 Å². The highest BCUT2D eigenvalue weighted by Gasteiger charge is 2.39. The summed E-state index contributed by atoms with van der Waals surface area (Å²) in [5.74, 6) is -0.178. The lowest BCUT2D eigenvalue weighted by Gasteiger charge is -2.32. The third-order valence-corrected chi connectivity index (χ3v) is 4.95. The van der Waals surface area contributed by atoms with Gasteiger partial charge in [0.25, 0.3) is 0 Å². The van der Waals surface area contributed by atoms with E-state index in [2.05, 4.69) is 5.32 Å². The number of primary amides is 1. The molecule has 0 fully saturated rings. The first kappa shape index (κ1) is 17.0. The number of Topliss-reactive ketones (excluding diaryl/α,β-unsaturated/α-hetero) is 1. The average Bonchev–Trinajstić information content (AvgIpc) is 2.62. The second-order valence-corrected chi connectivity index (χ2v) is 6.94. The molecule has 0 saturated heterocycles. The molecule has 2 aromatic carbocycles. The second-order valence-electron chi connectivity index (χ2n) is 5.74. The van der Waals surface area contributed by atoms with Gasteiger partial charge in [-0.1, -0.05) is 78.5 Å². The molecule has 3 N–H and O–H groups in total. The molecule has 2 amide bonds. The van der Waals surface area contributed by atoms with Crippen molar-refractivity contribution in [3.63, 3.8) is 0 Å². The van der Waals surface area contributed by atoms with Gasteiger partial charge in [0, 0.05) is 16.9 Å². The van der Waals surface area contributed by atoms with E-state index in [1.54, 1.807) is 48.2 Å². The molecule has 2 aromatic rings. The maximum atomic E-state index is 13.1. The molecular formula is C20H18N2O2S. The first-order chi connectivity index (χ1) is 12.1. The number of carbonyl (C=O) groups excluding carboxylic acids is 2. The monoisotopic (exact) mass is 350 g/mol. The molecule has 0 radical (unpaired) electrons. The normalized spacial score (nSPS) is 19.1. The molecule has 1 aliphatic carbocycles. The summed E-state index contributed by atoms with van der Waals surface area (Å²) in [6.07, 6.45) is 5.82. The minimum atomic E-state index is -1.17. The number of carbonyl (C=O) groups is 2. The minimum Gasteiger partial charge on any atom is -0.352 e. The topological polar surface area (TPSA) is 72.2 Å². The zero-order valence-electron chi connectivity index (χ0n) is 13.5. The molecular weight excluding hydrogens is 332 g/mol. The molecule has 0 bridgehead atoms. The van der Waals surface area contributed by atoms with Crippen LogP contribution in [0.15, 0.2) is 88.7 Å². The highest BCUT2D eigenvalue weighted by atomic mass is 32.2. The van der Waals surface area contributed by atoms with Gasteiger partial charge in [0.1, 0.15) is 5.54 Å². The molecule has 1 atom stereocenters. The van der Waals surface area contributed by atoms with Gasteiger partial charge in [-0.25, -0.2) is 4.79 Å². The van der Waals surface area contributed by atoms with Crippen molar-refractivity contribution < 1.29 is 9.59 Å². The summed E-state index contributed by atoms with van der Waals surface area (Å²) in [6, 6.07) is 18.1. The Morgan fingerprint density at radius 3 is 2.28 bits per heavy atom. The van der Waals surface area contributed by atoms with E-state index in [9.17, 15) is 9.59 Å². The van der Waals surface area contributed by atoms with Gasteiger partial charge in [-0.15, -0.1) is 0 Å². The number of nitrogens with one attached hydrogen (secondary N) is 1.